The lowest BCUT2D eigenvalue weighted by Gasteiger charge is -2.07. The fourth-order valence-electron chi connectivity index (χ4n) is 2.71. The summed E-state index contributed by atoms with van der Waals surface area (Å²) in [4.78, 5) is 27.2. The van der Waals surface area contributed by atoms with E-state index in [2.05, 4.69) is 10.3 Å². The van der Waals surface area contributed by atoms with Gasteiger partial charge in [0.1, 0.15) is 5.69 Å². The number of hydrogen-bond acceptors (Lipinski definition) is 4. The molecule has 0 radical (unpaired) electrons. The highest BCUT2D eigenvalue weighted by Crippen LogP contribution is 2.21. The van der Waals surface area contributed by atoms with Crippen molar-refractivity contribution < 1.29 is 14.3 Å². The zero-order valence-electron chi connectivity index (χ0n) is 14.1. The van der Waals surface area contributed by atoms with Gasteiger partial charge < -0.3 is 20.8 Å². The first-order valence-electron chi connectivity index (χ1n) is 7.84. The Hall–Kier alpha value is -3.12. The predicted molar refractivity (Wildman–Crippen MR) is 96.7 cm³/mol. The third-order valence-electron chi connectivity index (χ3n) is 3.99. The Kier molecular flexibility index (Phi) is 4.54. The van der Waals surface area contributed by atoms with Gasteiger partial charge in [0.05, 0.1) is 12.8 Å². The second kappa shape index (κ2) is 6.78. The summed E-state index contributed by atoms with van der Waals surface area (Å²) < 4.78 is 4.73. The number of esters is 1. The van der Waals surface area contributed by atoms with Crippen LogP contribution in [0.25, 0.3) is 10.8 Å². The van der Waals surface area contributed by atoms with E-state index in [1.54, 1.807) is 19.1 Å². The third-order valence-corrected chi connectivity index (χ3v) is 3.99. The van der Waals surface area contributed by atoms with E-state index in [0.29, 0.717) is 17.8 Å². The highest BCUT2D eigenvalue weighted by molar-refractivity contribution is 6.09. The van der Waals surface area contributed by atoms with Gasteiger partial charge in [-0.15, -0.1) is 0 Å². The topological polar surface area (TPSA) is 97.2 Å². The van der Waals surface area contributed by atoms with Crippen molar-refractivity contribution in [3.8, 4) is 0 Å². The Bertz CT molecular complexity index is 960. The molecule has 0 unspecified atom stereocenters. The number of H-pyrrole nitrogens is 1. The normalized spacial score (nSPS) is 10.7. The Morgan fingerprint density at radius 2 is 1.84 bits per heavy atom. The number of aryl methyl sites for hydroxylation is 1. The number of aromatic nitrogens is 1. The molecule has 0 fully saturated rings. The quantitative estimate of drug-likeness (QED) is 0.638. The molecular weight excluding hydrogens is 318 g/mol. The smallest absolute Gasteiger partial charge is 0.356 e. The lowest BCUT2D eigenvalue weighted by Crippen LogP contribution is -2.14. The van der Waals surface area contributed by atoms with Gasteiger partial charge in [-0.25, -0.2) is 4.79 Å². The van der Waals surface area contributed by atoms with E-state index in [9.17, 15) is 9.59 Å². The monoisotopic (exact) mass is 337 g/mol. The van der Waals surface area contributed by atoms with E-state index in [4.69, 9.17) is 10.5 Å². The number of amides is 1. The molecule has 2 aromatic carbocycles. The van der Waals surface area contributed by atoms with E-state index in [1.165, 1.54) is 7.11 Å². The van der Waals surface area contributed by atoms with Crippen LogP contribution in [0.3, 0.4) is 0 Å². The van der Waals surface area contributed by atoms with Crippen LogP contribution in [-0.2, 0) is 11.3 Å². The summed E-state index contributed by atoms with van der Waals surface area (Å²) in [6.45, 7) is 2.27. The molecule has 0 atom stereocenters. The maximum atomic E-state index is 12.6. The van der Waals surface area contributed by atoms with Crippen LogP contribution in [0.2, 0.25) is 0 Å². The fourth-order valence-corrected chi connectivity index (χ4v) is 2.71. The molecule has 6 nitrogen and oxygen atoms in total. The molecular formula is C19H19N3O3. The molecule has 1 heterocycles. The van der Waals surface area contributed by atoms with E-state index in [-0.39, 0.29) is 11.6 Å². The molecule has 0 saturated heterocycles. The minimum absolute atomic E-state index is 0.224. The SMILES string of the molecule is COC(=O)c1[nH]c(C)cc1NC(=O)c1ccc2cc(CN)ccc2c1. The van der Waals surface area contributed by atoms with Gasteiger partial charge >= 0.3 is 5.97 Å². The van der Waals surface area contributed by atoms with E-state index in [0.717, 1.165) is 22.0 Å². The minimum Gasteiger partial charge on any atom is -0.464 e. The van der Waals surface area contributed by atoms with Gasteiger partial charge in [-0.1, -0.05) is 18.2 Å². The number of carbonyl (C=O) groups excluding carboxylic acids is 2. The Morgan fingerprint density at radius 1 is 1.12 bits per heavy atom. The number of rotatable bonds is 4. The van der Waals surface area contributed by atoms with Crippen molar-refractivity contribution in [1.82, 2.24) is 4.98 Å². The van der Waals surface area contributed by atoms with Crippen LogP contribution in [0.1, 0.15) is 32.1 Å². The average molecular weight is 337 g/mol. The standard InChI is InChI=1S/C19H19N3O3/c1-11-7-16(17(21-11)19(24)25-2)22-18(23)15-6-5-13-8-12(10-20)3-4-14(13)9-15/h3-9,21H,10,20H2,1-2H3,(H,22,23). The van der Waals surface area contributed by atoms with Crippen LogP contribution in [-0.4, -0.2) is 24.0 Å². The highest BCUT2D eigenvalue weighted by atomic mass is 16.5. The highest BCUT2D eigenvalue weighted by Gasteiger charge is 2.17. The van der Waals surface area contributed by atoms with Crippen molar-refractivity contribution in [2.75, 3.05) is 12.4 Å². The van der Waals surface area contributed by atoms with Gasteiger partial charge in [0.25, 0.3) is 5.91 Å². The molecule has 3 aromatic rings. The first-order chi connectivity index (χ1) is 12.0. The van der Waals surface area contributed by atoms with Crippen molar-refractivity contribution in [1.29, 1.82) is 0 Å². The van der Waals surface area contributed by atoms with Crippen molar-refractivity contribution in [2.24, 2.45) is 5.73 Å². The van der Waals surface area contributed by atoms with E-state index in [1.807, 2.05) is 30.3 Å². The molecule has 1 aromatic heterocycles. The Balaban J connectivity index is 1.89. The van der Waals surface area contributed by atoms with Crippen molar-refractivity contribution in [2.45, 2.75) is 13.5 Å². The maximum absolute atomic E-state index is 12.6. The molecule has 3 rings (SSSR count). The minimum atomic E-state index is -0.531. The Labute approximate surface area is 145 Å². The molecule has 0 saturated carbocycles. The molecule has 0 spiro atoms. The molecule has 0 aliphatic carbocycles. The second-order valence-electron chi connectivity index (χ2n) is 5.79. The summed E-state index contributed by atoms with van der Waals surface area (Å²) in [5, 5.41) is 4.73. The molecule has 1 amide bonds. The van der Waals surface area contributed by atoms with Crippen LogP contribution in [0.15, 0.2) is 42.5 Å². The summed E-state index contributed by atoms with van der Waals surface area (Å²) in [7, 11) is 1.29. The predicted octanol–water partition coefficient (Wildman–Crippen LogP) is 2.97. The van der Waals surface area contributed by atoms with Crippen LogP contribution in [0.5, 0.6) is 0 Å². The van der Waals surface area contributed by atoms with Gasteiger partial charge in [-0.2, -0.15) is 0 Å². The largest absolute Gasteiger partial charge is 0.464 e. The number of benzene rings is 2. The number of hydrogen-bond donors (Lipinski definition) is 3. The van der Waals surface area contributed by atoms with Crippen LogP contribution in [0.4, 0.5) is 5.69 Å². The van der Waals surface area contributed by atoms with Crippen molar-refractivity contribution in [3.63, 3.8) is 0 Å². The van der Waals surface area contributed by atoms with E-state index >= 15 is 0 Å². The zero-order valence-corrected chi connectivity index (χ0v) is 14.1. The number of nitrogens with one attached hydrogen (secondary N) is 2. The molecule has 0 aliphatic heterocycles. The first kappa shape index (κ1) is 16.7. The fraction of sp³-hybridized carbons (Fsp3) is 0.158. The lowest BCUT2D eigenvalue weighted by molar-refractivity contribution is 0.0596. The van der Waals surface area contributed by atoms with Gasteiger partial charge in [0.15, 0.2) is 0 Å². The van der Waals surface area contributed by atoms with Crippen molar-refractivity contribution in [3.05, 3.63) is 65.0 Å². The van der Waals surface area contributed by atoms with Gasteiger partial charge in [0, 0.05) is 17.8 Å². The summed E-state index contributed by atoms with van der Waals surface area (Å²) in [6.07, 6.45) is 0. The summed E-state index contributed by atoms with van der Waals surface area (Å²) in [5.41, 5.74) is 8.57. The van der Waals surface area contributed by atoms with Gasteiger partial charge in [-0.3, -0.25) is 4.79 Å². The van der Waals surface area contributed by atoms with Crippen molar-refractivity contribution >= 4 is 28.3 Å². The molecule has 0 bridgehead atoms. The molecule has 4 N–H and O–H groups in total. The molecule has 128 valence electrons. The number of aromatic amines is 1. The van der Waals surface area contributed by atoms with Crippen LogP contribution in [0, 0.1) is 6.92 Å². The number of methoxy groups -OCH3 is 1. The third kappa shape index (κ3) is 3.39. The van der Waals surface area contributed by atoms with Crippen LogP contribution >= 0.6 is 0 Å². The number of fused-ring (bicyclic) bond motifs is 1. The number of nitrogens with two attached hydrogens (primary N) is 1. The molecule has 6 heteroatoms. The van der Waals surface area contributed by atoms with Gasteiger partial charge in [-0.05, 0) is 47.5 Å². The lowest BCUT2D eigenvalue weighted by atomic mass is 10.0. The summed E-state index contributed by atoms with van der Waals surface area (Å²) >= 11 is 0. The summed E-state index contributed by atoms with van der Waals surface area (Å²) in [5.74, 6) is -0.829. The zero-order chi connectivity index (χ0) is 18.0. The average Bonchev–Trinajstić information content (AvgIpc) is 3.00. The number of anilines is 1. The molecule has 0 aliphatic rings. The number of ether oxygens (including phenoxy) is 1. The molecule has 25 heavy (non-hydrogen) atoms. The van der Waals surface area contributed by atoms with E-state index < -0.39 is 5.97 Å². The first-order valence-corrected chi connectivity index (χ1v) is 7.84. The van der Waals surface area contributed by atoms with Gasteiger partial charge in [0.2, 0.25) is 0 Å². The van der Waals surface area contributed by atoms with Crippen LogP contribution < -0.4 is 11.1 Å². The Morgan fingerprint density at radius 3 is 2.56 bits per heavy atom. The maximum Gasteiger partial charge on any atom is 0.356 e. The number of carbonyl (C=O) groups is 2. The summed E-state index contributed by atoms with van der Waals surface area (Å²) in [6, 6.07) is 13.0. The second-order valence-corrected chi connectivity index (χ2v) is 5.79.